The Morgan fingerprint density at radius 3 is 2.50 bits per heavy atom. The van der Waals surface area contributed by atoms with Crippen LogP contribution in [0.5, 0.6) is 0 Å². The summed E-state index contributed by atoms with van der Waals surface area (Å²) in [5, 5.41) is 2.57. The van der Waals surface area contributed by atoms with Crippen LogP contribution in [0.3, 0.4) is 0 Å². The van der Waals surface area contributed by atoms with Crippen molar-refractivity contribution in [2.45, 2.75) is 0 Å². The number of rotatable bonds is 2. The SMILES string of the molecule is N=NCS(=O)[O-]. The zero-order valence-corrected chi connectivity index (χ0v) is 3.70. The summed E-state index contributed by atoms with van der Waals surface area (Å²) in [6, 6.07) is 0. The second-order valence-corrected chi connectivity index (χ2v) is 1.46. The molecule has 0 radical (unpaired) electrons. The highest BCUT2D eigenvalue weighted by Crippen LogP contribution is 1.69. The fourth-order valence-corrected chi connectivity index (χ4v) is 0.158. The van der Waals surface area contributed by atoms with Crippen molar-refractivity contribution in [3.05, 3.63) is 0 Å². The number of nitrogens with one attached hydrogen (secondary N) is 1. The van der Waals surface area contributed by atoms with Gasteiger partial charge in [0.15, 0.2) is 0 Å². The van der Waals surface area contributed by atoms with Gasteiger partial charge < -0.3 is 4.55 Å². The number of hydrogen-bond donors (Lipinski definition) is 1. The van der Waals surface area contributed by atoms with Crippen LogP contribution in [0, 0.1) is 5.53 Å². The third kappa shape index (κ3) is 3.71. The van der Waals surface area contributed by atoms with Crippen molar-refractivity contribution in [3.8, 4) is 0 Å². The van der Waals surface area contributed by atoms with E-state index in [4.69, 9.17) is 5.53 Å². The third-order valence-corrected chi connectivity index (χ3v) is 0.510. The maximum atomic E-state index is 9.39. The van der Waals surface area contributed by atoms with Crippen LogP contribution in [0.2, 0.25) is 0 Å². The van der Waals surface area contributed by atoms with Crippen LogP contribution in [0.4, 0.5) is 0 Å². The Bertz CT molecular complexity index is 71.9. The van der Waals surface area contributed by atoms with Gasteiger partial charge in [0.1, 0.15) is 5.88 Å². The average Bonchev–Trinajstić information content (AvgIpc) is 1.35. The van der Waals surface area contributed by atoms with Gasteiger partial charge in [-0.15, -0.1) is 0 Å². The first-order valence-corrected chi connectivity index (χ1v) is 2.41. The summed E-state index contributed by atoms with van der Waals surface area (Å²) in [5.74, 6) is -0.417. The lowest BCUT2D eigenvalue weighted by Crippen LogP contribution is -1.87. The van der Waals surface area contributed by atoms with E-state index in [2.05, 4.69) is 5.11 Å². The van der Waals surface area contributed by atoms with Gasteiger partial charge in [-0.2, -0.15) is 5.11 Å². The van der Waals surface area contributed by atoms with Crippen LogP contribution in [0.1, 0.15) is 0 Å². The zero-order valence-electron chi connectivity index (χ0n) is 2.88. The Morgan fingerprint density at radius 2 is 2.50 bits per heavy atom. The second-order valence-electron chi connectivity index (χ2n) is 0.591. The monoisotopic (exact) mass is 107 g/mol. The minimum absolute atomic E-state index is 0.417. The van der Waals surface area contributed by atoms with Crippen molar-refractivity contribution in [3.63, 3.8) is 0 Å². The van der Waals surface area contributed by atoms with Gasteiger partial charge in [-0.1, -0.05) is 0 Å². The molecule has 0 bridgehead atoms. The molecule has 0 aromatic rings. The van der Waals surface area contributed by atoms with Gasteiger partial charge in [0, 0.05) is 0 Å². The van der Waals surface area contributed by atoms with Crippen molar-refractivity contribution in [2.75, 3.05) is 5.88 Å². The van der Waals surface area contributed by atoms with Crippen LogP contribution >= 0.6 is 0 Å². The predicted octanol–water partition coefficient (Wildman–Crippen LogP) is -0.146. The first-order chi connectivity index (χ1) is 2.77. The minimum Gasteiger partial charge on any atom is -0.771 e. The molecule has 4 nitrogen and oxygen atoms in total. The standard InChI is InChI=1S/CH4N2O2S/c2-3-1-6(4)5/h2H,1H2,(H,4,5)/p-1. The molecule has 0 rings (SSSR count). The summed E-state index contributed by atoms with van der Waals surface area (Å²) in [6.07, 6.45) is 0. The van der Waals surface area contributed by atoms with Gasteiger partial charge in [0.2, 0.25) is 0 Å². The molecule has 1 atom stereocenters. The normalized spacial score (nSPS) is 13.5. The molecule has 36 valence electrons. The second kappa shape index (κ2) is 2.92. The lowest BCUT2D eigenvalue weighted by atomic mass is 11.5. The van der Waals surface area contributed by atoms with Gasteiger partial charge >= 0.3 is 0 Å². The fourth-order valence-electron chi connectivity index (χ4n) is 0.0527. The molecule has 0 amide bonds. The molecule has 1 N–H and O–H groups in total. The summed E-state index contributed by atoms with van der Waals surface area (Å²) in [4.78, 5) is 0. The molecule has 0 spiro atoms. The van der Waals surface area contributed by atoms with E-state index in [1.54, 1.807) is 0 Å². The maximum Gasteiger partial charge on any atom is 0.122 e. The summed E-state index contributed by atoms with van der Waals surface area (Å²) in [6.45, 7) is 0. The molecule has 1 unspecified atom stereocenters. The zero-order chi connectivity index (χ0) is 4.99. The highest BCUT2D eigenvalue weighted by atomic mass is 32.2. The van der Waals surface area contributed by atoms with Crippen LogP contribution in [-0.2, 0) is 11.1 Å². The van der Waals surface area contributed by atoms with Crippen molar-refractivity contribution < 1.29 is 8.76 Å². The van der Waals surface area contributed by atoms with E-state index in [1.807, 2.05) is 0 Å². The molecule has 0 aromatic carbocycles. The van der Waals surface area contributed by atoms with E-state index < -0.39 is 17.0 Å². The van der Waals surface area contributed by atoms with Crippen molar-refractivity contribution in [1.82, 2.24) is 0 Å². The molecule has 0 saturated carbocycles. The van der Waals surface area contributed by atoms with Crippen LogP contribution in [-0.4, -0.2) is 14.6 Å². The summed E-state index contributed by atoms with van der Waals surface area (Å²) < 4.78 is 18.8. The first kappa shape index (κ1) is 5.71. The quantitative estimate of drug-likeness (QED) is 0.393. The Morgan fingerprint density at radius 1 is 2.00 bits per heavy atom. The smallest absolute Gasteiger partial charge is 0.122 e. The predicted molar refractivity (Wildman–Crippen MR) is 18.9 cm³/mol. The van der Waals surface area contributed by atoms with E-state index in [0.29, 0.717) is 0 Å². The molecule has 6 heavy (non-hydrogen) atoms. The topological polar surface area (TPSA) is 76.3 Å². The molecule has 5 heteroatoms. The van der Waals surface area contributed by atoms with E-state index in [9.17, 15) is 8.76 Å². The van der Waals surface area contributed by atoms with Crippen molar-refractivity contribution in [2.24, 2.45) is 5.11 Å². The molecule has 0 aliphatic carbocycles. The van der Waals surface area contributed by atoms with Gasteiger partial charge in [0.25, 0.3) is 0 Å². The lowest BCUT2D eigenvalue weighted by molar-refractivity contribution is 0.536. The average molecular weight is 107 g/mol. The molecular weight excluding hydrogens is 104 g/mol. The van der Waals surface area contributed by atoms with Gasteiger partial charge in [-0.05, 0) is 11.1 Å². The van der Waals surface area contributed by atoms with Crippen LogP contribution < -0.4 is 0 Å². The summed E-state index contributed by atoms with van der Waals surface area (Å²) >= 11 is -2.17. The van der Waals surface area contributed by atoms with Crippen molar-refractivity contribution >= 4 is 11.1 Å². The lowest BCUT2D eigenvalue weighted by Gasteiger charge is -1.93. The van der Waals surface area contributed by atoms with Crippen molar-refractivity contribution in [1.29, 1.82) is 5.53 Å². The Kier molecular flexibility index (Phi) is 2.78. The first-order valence-electron chi connectivity index (χ1n) is 1.16. The maximum absolute atomic E-state index is 9.39. The summed E-state index contributed by atoms with van der Waals surface area (Å²) in [7, 11) is 0. The highest BCUT2D eigenvalue weighted by molar-refractivity contribution is 7.79. The summed E-state index contributed by atoms with van der Waals surface area (Å²) in [5.41, 5.74) is 5.96. The van der Waals surface area contributed by atoms with E-state index in [1.165, 1.54) is 0 Å². The number of nitrogens with zero attached hydrogens (tertiary/aromatic N) is 1. The minimum atomic E-state index is -2.17. The van der Waals surface area contributed by atoms with E-state index in [-0.39, 0.29) is 0 Å². The Labute approximate surface area is 37.4 Å². The Balaban J connectivity index is 3.05. The molecular formula is CH3N2O2S-. The van der Waals surface area contributed by atoms with E-state index in [0.717, 1.165) is 0 Å². The largest absolute Gasteiger partial charge is 0.771 e. The molecule has 0 saturated heterocycles. The van der Waals surface area contributed by atoms with Gasteiger partial charge in [-0.25, -0.2) is 5.53 Å². The molecule has 0 heterocycles. The van der Waals surface area contributed by atoms with Crippen LogP contribution in [0.25, 0.3) is 0 Å². The highest BCUT2D eigenvalue weighted by Gasteiger charge is 1.69. The van der Waals surface area contributed by atoms with Gasteiger partial charge in [-0.3, -0.25) is 4.21 Å². The molecule has 0 aliphatic heterocycles. The van der Waals surface area contributed by atoms with Gasteiger partial charge in [0.05, 0.1) is 0 Å². The van der Waals surface area contributed by atoms with E-state index >= 15 is 0 Å². The number of hydrogen-bond acceptors (Lipinski definition) is 4. The molecule has 0 aromatic heterocycles. The molecule has 0 aliphatic rings. The van der Waals surface area contributed by atoms with Crippen LogP contribution in [0.15, 0.2) is 5.11 Å². The Hall–Kier alpha value is -0.290. The third-order valence-electron chi connectivity index (χ3n) is 0.170. The molecule has 0 fully saturated rings. The fraction of sp³-hybridized carbons (Fsp3) is 1.00.